The lowest BCUT2D eigenvalue weighted by molar-refractivity contribution is 0.102. The zero-order chi connectivity index (χ0) is 18.5. The molecule has 0 aliphatic carbocycles. The maximum absolute atomic E-state index is 12.6. The Morgan fingerprint density at radius 1 is 1.19 bits per heavy atom. The van der Waals surface area contributed by atoms with Gasteiger partial charge in [-0.25, -0.2) is 4.79 Å². The Morgan fingerprint density at radius 3 is 2.62 bits per heavy atom. The first kappa shape index (κ1) is 17.2. The number of H-pyrrole nitrogens is 1. The number of pyridine rings is 1. The molecule has 2 aromatic heterocycles. The maximum atomic E-state index is 12.6. The quantitative estimate of drug-likeness (QED) is 0.719. The smallest absolute Gasteiger partial charge is 0.328 e. The summed E-state index contributed by atoms with van der Waals surface area (Å²) in [6.07, 6.45) is 2.67. The number of ether oxygens (including phenoxy) is 1. The molecule has 0 unspecified atom stereocenters. The molecule has 0 aliphatic rings. The van der Waals surface area contributed by atoms with Gasteiger partial charge in [0.2, 0.25) is 0 Å². The Kier molecular flexibility index (Phi) is 4.93. The minimum absolute atomic E-state index is 0.0291. The highest BCUT2D eigenvalue weighted by atomic mass is 16.5. The zero-order valence-electron chi connectivity index (χ0n) is 13.9. The molecule has 1 aromatic carbocycles. The van der Waals surface area contributed by atoms with Crippen LogP contribution in [-0.2, 0) is 6.54 Å². The zero-order valence-corrected chi connectivity index (χ0v) is 13.9. The van der Waals surface area contributed by atoms with Crippen molar-refractivity contribution >= 4 is 11.6 Å². The third-order valence-electron chi connectivity index (χ3n) is 3.70. The second-order valence-corrected chi connectivity index (χ2v) is 5.40. The number of anilines is 1. The van der Waals surface area contributed by atoms with Crippen molar-refractivity contribution in [2.45, 2.75) is 6.54 Å². The van der Waals surface area contributed by atoms with E-state index in [0.29, 0.717) is 17.1 Å². The fraction of sp³-hybridized carbons (Fsp3) is 0.111. The standard InChI is InChI=1S/C18H16N4O4/c1-26-14-7-5-12(6-8-14)21-16(23)15-10-20-18(25)22(17(15)24)11-13-4-2-3-9-19-13/h2-10H,11H2,1H3,(H,20,25)(H,21,23). The van der Waals surface area contributed by atoms with Gasteiger partial charge < -0.3 is 15.0 Å². The first-order chi connectivity index (χ1) is 12.6. The number of nitrogens with one attached hydrogen (secondary N) is 2. The van der Waals surface area contributed by atoms with Gasteiger partial charge >= 0.3 is 5.69 Å². The van der Waals surface area contributed by atoms with Gasteiger partial charge in [-0.3, -0.25) is 19.1 Å². The number of benzene rings is 1. The van der Waals surface area contributed by atoms with Crippen LogP contribution in [0.5, 0.6) is 5.75 Å². The van der Waals surface area contributed by atoms with E-state index in [1.807, 2.05) is 0 Å². The molecule has 3 aromatic rings. The van der Waals surface area contributed by atoms with Crippen LogP contribution in [0.25, 0.3) is 0 Å². The lowest BCUT2D eigenvalue weighted by Crippen LogP contribution is -2.39. The van der Waals surface area contributed by atoms with Crippen LogP contribution in [0.2, 0.25) is 0 Å². The number of amides is 1. The number of aromatic nitrogens is 3. The van der Waals surface area contributed by atoms with E-state index in [1.54, 1.807) is 48.7 Å². The molecule has 0 aliphatic heterocycles. The lowest BCUT2D eigenvalue weighted by atomic mass is 10.2. The van der Waals surface area contributed by atoms with Crippen molar-refractivity contribution < 1.29 is 9.53 Å². The van der Waals surface area contributed by atoms with Crippen LogP contribution in [0.1, 0.15) is 16.1 Å². The molecule has 2 heterocycles. The summed E-state index contributed by atoms with van der Waals surface area (Å²) in [4.78, 5) is 43.5. The Labute approximate surface area is 148 Å². The molecular weight excluding hydrogens is 336 g/mol. The summed E-state index contributed by atoms with van der Waals surface area (Å²) in [5, 5.41) is 2.62. The van der Waals surface area contributed by atoms with E-state index in [4.69, 9.17) is 4.74 Å². The van der Waals surface area contributed by atoms with Crippen molar-refractivity contribution in [1.29, 1.82) is 0 Å². The van der Waals surface area contributed by atoms with Crippen LogP contribution in [0, 0.1) is 0 Å². The highest BCUT2D eigenvalue weighted by Crippen LogP contribution is 2.15. The van der Waals surface area contributed by atoms with Gasteiger partial charge in [0.25, 0.3) is 11.5 Å². The summed E-state index contributed by atoms with van der Waals surface area (Å²) >= 11 is 0. The first-order valence-corrected chi connectivity index (χ1v) is 7.76. The van der Waals surface area contributed by atoms with Crippen LogP contribution in [0.4, 0.5) is 5.69 Å². The fourth-order valence-corrected chi connectivity index (χ4v) is 2.34. The normalized spacial score (nSPS) is 10.3. The molecule has 26 heavy (non-hydrogen) atoms. The molecule has 0 saturated heterocycles. The van der Waals surface area contributed by atoms with Gasteiger partial charge in [0.1, 0.15) is 11.3 Å². The van der Waals surface area contributed by atoms with E-state index in [0.717, 1.165) is 10.8 Å². The number of methoxy groups -OCH3 is 1. The van der Waals surface area contributed by atoms with Crippen LogP contribution in [-0.4, -0.2) is 27.6 Å². The van der Waals surface area contributed by atoms with E-state index in [9.17, 15) is 14.4 Å². The number of carbonyl (C=O) groups excluding carboxylic acids is 1. The van der Waals surface area contributed by atoms with Gasteiger partial charge in [-0.2, -0.15) is 0 Å². The molecule has 0 saturated carbocycles. The molecule has 8 nitrogen and oxygen atoms in total. The van der Waals surface area contributed by atoms with Crippen molar-refractivity contribution in [2.24, 2.45) is 0 Å². The highest BCUT2D eigenvalue weighted by molar-refractivity contribution is 6.03. The van der Waals surface area contributed by atoms with Gasteiger partial charge in [-0.05, 0) is 36.4 Å². The summed E-state index contributed by atoms with van der Waals surface area (Å²) in [7, 11) is 1.54. The average molecular weight is 352 g/mol. The summed E-state index contributed by atoms with van der Waals surface area (Å²) < 4.78 is 5.99. The minimum atomic E-state index is -0.689. The number of aromatic amines is 1. The third-order valence-corrected chi connectivity index (χ3v) is 3.70. The van der Waals surface area contributed by atoms with Crippen LogP contribution in [0.15, 0.2) is 64.4 Å². The van der Waals surface area contributed by atoms with Crippen molar-refractivity contribution in [3.8, 4) is 5.75 Å². The van der Waals surface area contributed by atoms with E-state index >= 15 is 0 Å². The van der Waals surface area contributed by atoms with E-state index in [1.165, 1.54) is 7.11 Å². The van der Waals surface area contributed by atoms with Gasteiger partial charge in [0.15, 0.2) is 0 Å². The predicted octanol–water partition coefficient (Wildman–Crippen LogP) is 1.24. The molecule has 8 heteroatoms. The summed E-state index contributed by atoms with van der Waals surface area (Å²) in [5.41, 5.74) is -0.436. The van der Waals surface area contributed by atoms with E-state index in [2.05, 4.69) is 15.3 Å². The molecule has 0 radical (unpaired) electrons. The molecule has 3 rings (SSSR count). The SMILES string of the molecule is COc1ccc(NC(=O)c2c[nH]c(=O)n(Cc3ccccn3)c2=O)cc1. The molecule has 2 N–H and O–H groups in total. The Balaban J connectivity index is 1.87. The van der Waals surface area contributed by atoms with Gasteiger partial charge in [0, 0.05) is 18.1 Å². The van der Waals surface area contributed by atoms with E-state index < -0.39 is 17.2 Å². The topological polar surface area (TPSA) is 106 Å². The van der Waals surface area contributed by atoms with Gasteiger partial charge in [-0.15, -0.1) is 0 Å². The van der Waals surface area contributed by atoms with Gasteiger partial charge in [-0.1, -0.05) is 6.07 Å². The number of carbonyl (C=O) groups is 1. The molecule has 1 amide bonds. The monoisotopic (exact) mass is 352 g/mol. The van der Waals surface area contributed by atoms with Crippen LogP contribution < -0.4 is 21.3 Å². The number of hydrogen-bond acceptors (Lipinski definition) is 5. The molecule has 132 valence electrons. The molecule has 0 spiro atoms. The molecule has 0 atom stereocenters. The van der Waals surface area contributed by atoms with Gasteiger partial charge in [0.05, 0.1) is 19.3 Å². The Morgan fingerprint density at radius 2 is 1.96 bits per heavy atom. The van der Waals surface area contributed by atoms with Crippen LogP contribution >= 0.6 is 0 Å². The number of nitrogens with zero attached hydrogens (tertiary/aromatic N) is 2. The van der Waals surface area contributed by atoms with Crippen molar-refractivity contribution in [1.82, 2.24) is 14.5 Å². The van der Waals surface area contributed by atoms with Crippen LogP contribution in [0.3, 0.4) is 0 Å². The second kappa shape index (κ2) is 7.47. The fourth-order valence-electron chi connectivity index (χ4n) is 2.34. The average Bonchev–Trinajstić information content (AvgIpc) is 2.66. The second-order valence-electron chi connectivity index (χ2n) is 5.40. The lowest BCUT2D eigenvalue weighted by Gasteiger charge is -2.08. The summed E-state index contributed by atoms with van der Waals surface area (Å²) in [6, 6.07) is 11.8. The molecule has 0 fully saturated rings. The van der Waals surface area contributed by atoms with Crippen molar-refractivity contribution in [3.05, 3.63) is 87.0 Å². The predicted molar refractivity (Wildman–Crippen MR) is 95.6 cm³/mol. The van der Waals surface area contributed by atoms with Crippen molar-refractivity contribution in [2.75, 3.05) is 12.4 Å². The Hall–Kier alpha value is -3.68. The minimum Gasteiger partial charge on any atom is -0.497 e. The summed E-state index contributed by atoms with van der Waals surface area (Å²) in [5.74, 6) is 0.0240. The summed E-state index contributed by atoms with van der Waals surface area (Å²) in [6.45, 7) is -0.0291. The number of hydrogen-bond donors (Lipinski definition) is 2. The largest absolute Gasteiger partial charge is 0.497 e. The van der Waals surface area contributed by atoms with Crippen molar-refractivity contribution in [3.63, 3.8) is 0 Å². The molecule has 0 bridgehead atoms. The number of rotatable bonds is 5. The molecular formula is C18H16N4O4. The third kappa shape index (κ3) is 3.69. The van der Waals surface area contributed by atoms with E-state index in [-0.39, 0.29) is 12.1 Å². The first-order valence-electron chi connectivity index (χ1n) is 7.76. The maximum Gasteiger partial charge on any atom is 0.328 e. The Bertz CT molecular complexity index is 1020. The highest BCUT2D eigenvalue weighted by Gasteiger charge is 2.15.